The van der Waals surface area contributed by atoms with E-state index >= 15 is 0 Å². The first-order valence-electron chi connectivity index (χ1n) is 5.75. The van der Waals surface area contributed by atoms with Crippen LogP contribution in [0.4, 0.5) is 18.9 Å². The summed E-state index contributed by atoms with van der Waals surface area (Å²) in [5, 5.41) is 12.3. The molecule has 106 valence electrons. The molecule has 0 atom stereocenters. The third-order valence-corrected chi connectivity index (χ3v) is 3.33. The standard InChI is InChI=1S/C14H11BrF3NO/c15-12-6-9(4-5-13(12)20)8-19-11-3-1-2-10(7-11)14(16,17)18/h1-7,19-20H,8H2. The molecular formula is C14H11BrF3NO. The highest BCUT2D eigenvalue weighted by Gasteiger charge is 2.30. The van der Waals surface area contributed by atoms with Gasteiger partial charge in [-0.2, -0.15) is 13.2 Å². The van der Waals surface area contributed by atoms with Crippen LogP contribution in [-0.2, 0) is 12.7 Å². The number of benzene rings is 2. The Balaban J connectivity index is 2.09. The lowest BCUT2D eigenvalue weighted by atomic mass is 10.1. The summed E-state index contributed by atoms with van der Waals surface area (Å²) in [5.74, 6) is 0.118. The van der Waals surface area contributed by atoms with Gasteiger partial charge in [-0.3, -0.25) is 0 Å². The van der Waals surface area contributed by atoms with Crippen molar-refractivity contribution in [3.8, 4) is 5.75 Å². The van der Waals surface area contributed by atoms with Gasteiger partial charge >= 0.3 is 6.18 Å². The topological polar surface area (TPSA) is 32.3 Å². The van der Waals surface area contributed by atoms with Gasteiger partial charge in [0.25, 0.3) is 0 Å². The molecule has 0 aliphatic heterocycles. The van der Waals surface area contributed by atoms with E-state index in [1.165, 1.54) is 12.1 Å². The molecule has 0 aromatic heterocycles. The zero-order valence-electron chi connectivity index (χ0n) is 10.2. The van der Waals surface area contributed by atoms with Crippen molar-refractivity contribution in [3.05, 3.63) is 58.1 Å². The number of anilines is 1. The second kappa shape index (κ2) is 5.75. The number of rotatable bonds is 3. The van der Waals surface area contributed by atoms with Gasteiger partial charge in [0.1, 0.15) is 5.75 Å². The van der Waals surface area contributed by atoms with Crippen LogP contribution in [0.1, 0.15) is 11.1 Å². The van der Waals surface area contributed by atoms with Gasteiger partial charge in [0.2, 0.25) is 0 Å². The van der Waals surface area contributed by atoms with Gasteiger partial charge in [0.15, 0.2) is 0 Å². The molecule has 0 fully saturated rings. The molecule has 2 N–H and O–H groups in total. The number of nitrogens with one attached hydrogen (secondary N) is 1. The van der Waals surface area contributed by atoms with E-state index in [-0.39, 0.29) is 5.75 Å². The third kappa shape index (κ3) is 3.66. The number of alkyl halides is 3. The van der Waals surface area contributed by atoms with Gasteiger partial charge < -0.3 is 10.4 Å². The molecule has 0 spiro atoms. The number of halogens is 4. The number of hydrogen-bond acceptors (Lipinski definition) is 2. The second-order valence-corrected chi connectivity index (χ2v) is 5.07. The Hall–Kier alpha value is -1.69. The van der Waals surface area contributed by atoms with Crippen LogP contribution in [-0.4, -0.2) is 5.11 Å². The van der Waals surface area contributed by atoms with E-state index in [1.54, 1.807) is 18.2 Å². The van der Waals surface area contributed by atoms with Gasteiger partial charge in [-0.25, -0.2) is 0 Å². The number of phenolic OH excluding ortho intramolecular Hbond substituents is 1. The predicted octanol–water partition coefficient (Wildman–Crippen LogP) is 4.79. The van der Waals surface area contributed by atoms with Crippen molar-refractivity contribution in [3.63, 3.8) is 0 Å². The summed E-state index contributed by atoms with van der Waals surface area (Å²) in [6.07, 6.45) is -4.35. The molecule has 0 unspecified atom stereocenters. The van der Waals surface area contributed by atoms with Crippen molar-refractivity contribution >= 4 is 21.6 Å². The van der Waals surface area contributed by atoms with Crippen LogP contribution in [0, 0.1) is 0 Å². The van der Waals surface area contributed by atoms with Crippen molar-refractivity contribution in [2.24, 2.45) is 0 Å². The predicted molar refractivity (Wildman–Crippen MR) is 74.6 cm³/mol. The van der Waals surface area contributed by atoms with Crippen molar-refractivity contribution in [2.45, 2.75) is 12.7 Å². The van der Waals surface area contributed by atoms with Crippen LogP contribution >= 0.6 is 15.9 Å². The second-order valence-electron chi connectivity index (χ2n) is 4.22. The van der Waals surface area contributed by atoms with Crippen molar-refractivity contribution < 1.29 is 18.3 Å². The molecule has 2 rings (SSSR count). The van der Waals surface area contributed by atoms with Crippen LogP contribution in [0.3, 0.4) is 0 Å². The molecule has 0 bridgehead atoms. The Bertz CT molecular complexity index is 614. The van der Waals surface area contributed by atoms with Crippen LogP contribution in [0.5, 0.6) is 5.75 Å². The highest BCUT2D eigenvalue weighted by atomic mass is 79.9. The van der Waals surface area contributed by atoms with Crippen molar-refractivity contribution in [1.29, 1.82) is 0 Å². The highest BCUT2D eigenvalue weighted by Crippen LogP contribution is 2.31. The molecule has 0 saturated heterocycles. The van der Waals surface area contributed by atoms with E-state index in [0.717, 1.165) is 17.7 Å². The molecule has 6 heteroatoms. The minimum absolute atomic E-state index is 0.118. The monoisotopic (exact) mass is 345 g/mol. The zero-order chi connectivity index (χ0) is 14.8. The van der Waals surface area contributed by atoms with E-state index < -0.39 is 11.7 Å². The molecule has 0 saturated carbocycles. The van der Waals surface area contributed by atoms with Crippen LogP contribution < -0.4 is 5.32 Å². The molecule has 0 heterocycles. The summed E-state index contributed by atoms with van der Waals surface area (Å²) in [4.78, 5) is 0. The fourth-order valence-electron chi connectivity index (χ4n) is 1.67. The van der Waals surface area contributed by atoms with Gasteiger partial charge in [0.05, 0.1) is 10.0 Å². The lowest BCUT2D eigenvalue weighted by Gasteiger charge is -2.11. The smallest absolute Gasteiger partial charge is 0.416 e. The Labute approximate surface area is 122 Å². The molecule has 2 aromatic carbocycles. The summed E-state index contributed by atoms with van der Waals surface area (Å²) in [6, 6.07) is 9.95. The Kier molecular flexibility index (Phi) is 4.23. The number of hydrogen-bond donors (Lipinski definition) is 2. The molecular weight excluding hydrogens is 335 g/mol. The molecule has 20 heavy (non-hydrogen) atoms. The Morgan fingerprint density at radius 3 is 2.50 bits per heavy atom. The van der Waals surface area contributed by atoms with Gasteiger partial charge in [-0.05, 0) is 51.8 Å². The first-order chi connectivity index (χ1) is 9.36. The molecule has 0 radical (unpaired) electrons. The number of aromatic hydroxyl groups is 1. The van der Waals surface area contributed by atoms with E-state index in [0.29, 0.717) is 16.7 Å². The summed E-state index contributed by atoms with van der Waals surface area (Å²) < 4.78 is 38.2. The molecule has 0 amide bonds. The molecule has 0 aliphatic carbocycles. The molecule has 2 aromatic rings. The summed E-state index contributed by atoms with van der Waals surface area (Å²) >= 11 is 3.18. The van der Waals surface area contributed by atoms with E-state index in [9.17, 15) is 18.3 Å². The fraction of sp³-hybridized carbons (Fsp3) is 0.143. The van der Waals surface area contributed by atoms with Gasteiger partial charge in [0, 0.05) is 12.2 Å². The van der Waals surface area contributed by atoms with Crippen molar-refractivity contribution in [1.82, 2.24) is 0 Å². The van der Waals surface area contributed by atoms with Gasteiger partial charge in [-0.15, -0.1) is 0 Å². The Morgan fingerprint density at radius 2 is 1.85 bits per heavy atom. The molecule has 0 aliphatic rings. The zero-order valence-corrected chi connectivity index (χ0v) is 11.8. The van der Waals surface area contributed by atoms with Crippen molar-refractivity contribution in [2.75, 3.05) is 5.32 Å². The maximum atomic E-state index is 12.6. The Morgan fingerprint density at radius 1 is 1.10 bits per heavy atom. The highest BCUT2D eigenvalue weighted by molar-refractivity contribution is 9.10. The van der Waals surface area contributed by atoms with Crippen LogP contribution in [0.25, 0.3) is 0 Å². The molecule has 2 nitrogen and oxygen atoms in total. The largest absolute Gasteiger partial charge is 0.507 e. The first-order valence-corrected chi connectivity index (χ1v) is 6.54. The lowest BCUT2D eigenvalue weighted by molar-refractivity contribution is -0.137. The summed E-state index contributed by atoms with van der Waals surface area (Å²) in [7, 11) is 0. The quantitative estimate of drug-likeness (QED) is 0.838. The van der Waals surface area contributed by atoms with Gasteiger partial charge in [-0.1, -0.05) is 12.1 Å². The summed E-state index contributed by atoms with van der Waals surface area (Å²) in [6.45, 7) is 0.361. The van der Waals surface area contributed by atoms with E-state index in [1.807, 2.05) is 0 Å². The minimum atomic E-state index is -4.35. The maximum Gasteiger partial charge on any atom is 0.416 e. The third-order valence-electron chi connectivity index (χ3n) is 2.70. The van der Waals surface area contributed by atoms with Crippen LogP contribution in [0.2, 0.25) is 0 Å². The average Bonchev–Trinajstić information content (AvgIpc) is 2.39. The minimum Gasteiger partial charge on any atom is -0.507 e. The normalized spacial score (nSPS) is 11.4. The average molecular weight is 346 g/mol. The SMILES string of the molecule is Oc1ccc(CNc2cccc(C(F)(F)F)c2)cc1Br. The van der Waals surface area contributed by atoms with E-state index in [4.69, 9.17) is 0 Å². The maximum absolute atomic E-state index is 12.6. The lowest BCUT2D eigenvalue weighted by Crippen LogP contribution is -2.06. The first kappa shape index (κ1) is 14.7. The summed E-state index contributed by atoms with van der Waals surface area (Å²) in [5.41, 5.74) is 0.547. The van der Waals surface area contributed by atoms with Crippen LogP contribution in [0.15, 0.2) is 46.9 Å². The number of phenols is 1. The fourth-order valence-corrected chi connectivity index (χ4v) is 2.10. The van der Waals surface area contributed by atoms with E-state index in [2.05, 4.69) is 21.2 Å².